The molecular weight excluding hydrogens is 284 g/mol. The third-order valence-electron chi connectivity index (χ3n) is 1.77. The number of nitrogens with one attached hydrogen (secondary N) is 1. The molecule has 0 aliphatic rings. The van der Waals surface area contributed by atoms with Crippen LogP contribution >= 0.6 is 23.1 Å². The van der Waals surface area contributed by atoms with Gasteiger partial charge in [0.15, 0.2) is 0 Å². The van der Waals surface area contributed by atoms with Gasteiger partial charge in [0, 0.05) is 23.9 Å². The Morgan fingerprint density at radius 3 is 2.82 bits per heavy atom. The molecule has 90 valence electrons. The smallest absolute Gasteiger partial charge is 0.263 e. The molecule has 0 saturated heterocycles. The average Bonchev–Trinajstić information content (AvgIpc) is 2.63. The Hall–Kier alpha value is -1.25. The first-order valence-corrected chi connectivity index (χ1v) is 7.05. The van der Waals surface area contributed by atoms with Crippen molar-refractivity contribution < 1.29 is 8.42 Å². The van der Waals surface area contributed by atoms with Crippen LogP contribution in [0.2, 0.25) is 5.02 Å². The van der Waals surface area contributed by atoms with Crippen LogP contribution in [0.15, 0.2) is 23.4 Å². The number of hydrogen-bond acceptors (Lipinski definition) is 6. The summed E-state index contributed by atoms with van der Waals surface area (Å²) in [4.78, 5) is 7.54. The SMILES string of the molecule is Cc1nsc(NS(=O)(=O)c2cnccc2Cl)n1. The van der Waals surface area contributed by atoms with Crippen LogP contribution in [0.25, 0.3) is 0 Å². The fraction of sp³-hybridized carbons (Fsp3) is 0.125. The molecule has 2 aromatic rings. The van der Waals surface area contributed by atoms with Crippen LogP contribution in [0.5, 0.6) is 0 Å². The van der Waals surface area contributed by atoms with Crippen molar-refractivity contribution in [3.8, 4) is 0 Å². The summed E-state index contributed by atoms with van der Waals surface area (Å²) in [7, 11) is -3.77. The van der Waals surface area contributed by atoms with E-state index in [1.807, 2.05) is 0 Å². The number of aromatic nitrogens is 3. The standard InChI is InChI=1S/C8H7ClN4O2S2/c1-5-11-8(16-12-5)13-17(14,15)7-4-10-3-2-6(7)9/h2-4H,1H3,(H,11,12,13). The third kappa shape index (κ3) is 2.71. The van der Waals surface area contributed by atoms with Gasteiger partial charge in [0.25, 0.3) is 10.0 Å². The lowest BCUT2D eigenvalue weighted by molar-refractivity contribution is 0.601. The zero-order valence-electron chi connectivity index (χ0n) is 8.58. The highest BCUT2D eigenvalue weighted by molar-refractivity contribution is 7.93. The lowest BCUT2D eigenvalue weighted by atomic mass is 10.5. The van der Waals surface area contributed by atoms with E-state index in [9.17, 15) is 8.42 Å². The number of hydrogen-bond donors (Lipinski definition) is 1. The minimum atomic E-state index is -3.77. The second kappa shape index (κ2) is 4.55. The number of rotatable bonds is 3. The van der Waals surface area contributed by atoms with Gasteiger partial charge in [-0.15, -0.1) is 0 Å². The van der Waals surface area contributed by atoms with Crippen LogP contribution in [-0.4, -0.2) is 22.8 Å². The van der Waals surface area contributed by atoms with Crippen LogP contribution in [0.3, 0.4) is 0 Å². The van der Waals surface area contributed by atoms with E-state index >= 15 is 0 Å². The van der Waals surface area contributed by atoms with Crippen LogP contribution in [0.4, 0.5) is 5.13 Å². The van der Waals surface area contributed by atoms with Gasteiger partial charge in [0.1, 0.15) is 10.7 Å². The highest BCUT2D eigenvalue weighted by Gasteiger charge is 2.19. The number of nitrogens with zero attached hydrogens (tertiary/aromatic N) is 3. The molecule has 2 rings (SSSR count). The number of pyridine rings is 1. The maximum atomic E-state index is 11.9. The quantitative estimate of drug-likeness (QED) is 0.930. The van der Waals surface area contributed by atoms with Crippen molar-refractivity contribution in [3.63, 3.8) is 0 Å². The van der Waals surface area contributed by atoms with Gasteiger partial charge in [-0.2, -0.15) is 4.37 Å². The Kier molecular flexibility index (Phi) is 3.27. The van der Waals surface area contributed by atoms with Crippen LogP contribution in [0, 0.1) is 6.92 Å². The number of sulfonamides is 1. The number of anilines is 1. The zero-order valence-corrected chi connectivity index (χ0v) is 11.0. The predicted octanol–water partition coefficient (Wildman–Crippen LogP) is 1.70. The van der Waals surface area contributed by atoms with Crippen molar-refractivity contribution in [2.45, 2.75) is 11.8 Å². The first-order valence-electron chi connectivity index (χ1n) is 4.42. The van der Waals surface area contributed by atoms with E-state index in [-0.39, 0.29) is 15.0 Å². The molecule has 0 spiro atoms. The van der Waals surface area contributed by atoms with Crippen molar-refractivity contribution in [3.05, 3.63) is 29.3 Å². The van der Waals surface area contributed by atoms with Crippen LogP contribution < -0.4 is 4.72 Å². The van der Waals surface area contributed by atoms with Gasteiger partial charge in [0.2, 0.25) is 5.13 Å². The van der Waals surface area contributed by atoms with Crippen LogP contribution in [0.1, 0.15) is 5.82 Å². The van der Waals surface area contributed by atoms with E-state index < -0.39 is 10.0 Å². The second-order valence-corrected chi connectivity index (χ2v) is 5.87. The molecule has 2 heterocycles. The highest BCUT2D eigenvalue weighted by Crippen LogP contribution is 2.22. The van der Waals surface area contributed by atoms with Gasteiger partial charge in [-0.3, -0.25) is 9.71 Å². The van der Waals surface area contributed by atoms with Gasteiger partial charge >= 0.3 is 0 Å². The lowest BCUT2D eigenvalue weighted by Gasteiger charge is -2.05. The summed E-state index contributed by atoms with van der Waals surface area (Å²) in [5.74, 6) is 0.505. The molecule has 0 aliphatic heterocycles. The first kappa shape index (κ1) is 12.2. The van der Waals surface area contributed by atoms with Gasteiger partial charge < -0.3 is 0 Å². The Morgan fingerprint density at radius 1 is 1.47 bits per heavy atom. The summed E-state index contributed by atoms with van der Waals surface area (Å²) in [6, 6.07) is 1.40. The van der Waals surface area contributed by atoms with Crippen molar-refractivity contribution in [1.29, 1.82) is 0 Å². The summed E-state index contributed by atoms with van der Waals surface area (Å²) < 4.78 is 30.0. The monoisotopic (exact) mass is 290 g/mol. The van der Waals surface area contributed by atoms with E-state index in [2.05, 4.69) is 19.1 Å². The van der Waals surface area contributed by atoms with Crippen molar-refractivity contribution in [2.75, 3.05) is 4.72 Å². The number of aryl methyl sites for hydroxylation is 1. The summed E-state index contributed by atoms with van der Waals surface area (Å²) in [6.07, 6.45) is 2.59. The van der Waals surface area contributed by atoms with Crippen LogP contribution in [-0.2, 0) is 10.0 Å². The molecule has 0 saturated carbocycles. The Morgan fingerprint density at radius 2 is 2.24 bits per heavy atom. The molecule has 0 bridgehead atoms. The fourth-order valence-corrected chi connectivity index (χ4v) is 3.30. The predicted molar refractivity (Wildman–Crippen MR) is 64.7 cm³/mol. The van der Waals surface area contributed by atoms with Gasteiger partial charge in [-0.05, 0) is 13.0 Å². The normalized spacial score (nSPS) is 11.4. The fourth-order valence-electron chi connectivity index (χ4n) is 1.07. The Bertz CT molecular complexity index is 640. The van der Waals surface area contributed by atoms with Gasteiger partial charge in [-0.1, -0.05) is 11.6 Å². The van der Waals surface area contributed by atoms with E-state index in [0.29, 0.717) is 5.82 Å². The minimum absolute atomic E-state index is 0.0884. The average molecular weight is 291 g/mol. The summed E-state index contributed by atoms with van der Waals surface area (Å²) in [5, 5.41) is 0.302. The summed E-state index contributed by atoms with van der Waals surface area (Å²) in [5.41, 5.74) is 0. The largest absolute Gasteiger partial charge is 0.266 e. The Balaban J connectivity index is 2.35. The summed E-state index contributed by atoms with van der Waals surface area (Å²) >= 11 is 6.75. The third-order valence-corrected chi connectivity index (χ3v) is 4.43. The molecule has 0 aliphatic carbocycles. The molecule has 0 fully saturated rings. The second-order valence-electron chi connectivity index (χ2n) is 3.06. The lowest BCUT2D eigenvalue weighted by Crippen LogP contribution is -2.13. The molecule has 6 nitrogen and oxygen atoms in total. The molecule has 17 heavy (non-hydrogen) atoms. The topological polar surface area (TPSA) is 84.8 Å². The van der Waals surface area contributed by atoms with E-state index in [4.69, 9.17) is 11.6 Å². The maximum Gasteiger partial charge on any atom is 0.266 e. The number of halogens is 1. The van der Waals surface area contributed by atoms with Crippen molar-refractivity contribution >= 4 is 38.3 Å². The molecule has 0 aromatic carbocycles. The summed E-state index contributed by atoms with van der Waals surface area (Å²) in [6.45, 7) is 1.67. The van der Waals surface area contributed by atoms with E-state index in [1.165, 1.54) is 18.5 Å². The molecular formula is C8H7ClN4O2S2. The van der Waals surface area contributed by atoms with E-state index in [1.54, 1.807) is 6.92 Å². The maximum absolute atomic E-state index is 11.9. The molecule has 1 N–H and O–H groups in total. The highest BCUT2D eigenvalue weighted by atomic mass is 35.5. The minimum Gasteiger partial charge on any atom is -0.263 e. The van der Waals surface area contributed by atoms with Crippen molar-refractivity contribution in [2.24, 2.45) is 0 Å². The molecule has 0 amide bonds. The zero-order chi connectivity index (χ0) is 12.5. The van der Waals surface area contributed by atoms with Crippen molar-refractivity contribution in [1.82, 2.24) is 14.3 Å². The van der Waals surface area contributed by atoms with Gasteiger partial charge in [-0.25, -0.2) is 13.4 Å². The molecule has 9 heteroatoms. The molecule has 0 radical (unpaired) electrons. The van der Waals surface area contributed by atoms with E-state index in [0.717, 1.165) is 11.5 Å². The Labute approximate surface area is 107 Å². The molecule has 2 aromatic heterocycles. The van der Waals surface area contributed by atoms with Gasteiger partial charge in [0.05, 0.1) is 5.02 Å². The first-order chi connectivity index (χ1) is 7.99. The molecule has 0 unspecified atom stereocenters. The molecule has 0 atom stereocenters.